The molecule has 0 bridgehead atoms. The van der Waals surface area contributed by atoms with Crippen LogP contribution in [0.3, 0.4) is 0 Å². The number of amides is 2. The van der Waals surface area contributed by atoms with Crippen LogP contribution >= 0.6 is 0 Å². The first-order valence-corrected chi connectivity index (χ1v) is 11.4. The standard InChI is InChI=1S/C24H43N3O4/c1-15(2)19(14-17(5)23(30)31)26(9)22(29)20(24(6,7)8)25-21(28)18-12-10-11-13-27(18)16(3)4/h14-16,18-20H,10-13H2,1-9H3,(H,25,28)(H,30,31)/b17-14+/t18?,19-,20?/m1/s1. The van der Waals surface area contributed by atoms with Crippen molar-refractivity contribution in [1.82, 2.24) is 15.1 Å². The number of hydrogen-bond acceptors (Lipinski definition) is 4. The number of carboxylic acids is 1. The van der Waals surface area contributed by atoms with Crippen LogP contribution in [0.1, 0.15) is 74.7 Å². The molecular formula is C24H43N3O4. The minimum Gasteiger partial charge on any atom is -0.478 e. The highest BCUT2D eigenvalue weighted by atomic mass is 16.4. The molecule has 0 spiro atoms. The number of nitrogens with zero attached hydrogens (tertiary/aromatic N) is 2. The summed E-state index contributed by atoms with van der Waals surface area (Å²) in [6, 6.07) is -1.06. The van der Waals surface area contributed by atoms with Crippen molar-refractivity contribution in [1.29, 1.82) is 0 Å². The summed E-state index contributed by atoms with van der Waals surface area (Å²) in [5.41, 5.74) is -0.296. The van der Waals surface area contributed by atoms with Gasteiger partial charge in [-0.25, -0.2) is 4.79 Å². The highest BCUT2D eigenvalue weighted by Crippen LogP contribution is 2.25. The maximum absolute atomic E-state index is 13.5. The van der Waals surface area contributed by atoms with Gasteiger partial charge in [-0.1, -0.05) is 47.1 Å². The Hall–Kier alpha value is -1.89. The molecule has 2 unspecified atom stereocenters. The first kappa shape index (κ1) is 27.1. The maximum atomic E-state index is 13.5. The summed E-state index contributed by atoms with van der Waals surface area (Å²) >= 11 is 0. The molecule has 1 fully saturated rings. The van der Waals surface area contributed by atoms with Crippen LogP contribution in [0, 0.1) is 11.3 Å². The van der Waals surface area contributed by atoms with E-state index < -0.39 is 17.4 Å². The molecule has 1 aliphatic heterocycles. The largest absolute Gasteiger partial charge is 0.478 e. The number of nitrogens with one attached hydrogen (secondary N) is 1. The van der Waals surface area contributed by atoms with Gasteiger partial charge in [0.2, 0.25) is 11.8 Å². The summed E-state index contributed by atoms with van der Waals surface area (Å²) in [6.45, 7) is 16.3. The molecule has 0 aromatic heterocycles. The van der Waals surface area contributed by atoms with Gasteiger partial charge in [0.25, 0.3) is 0 Å². The highest BCUT2D eigenvalue weighted by molar-refractivity contribution is 5.91. The van der Waals surface area contributed by atoms with E-state index in [1.807, 2.05) is 34.6 Å². The van der Waals surface area contributed by atoms with Crippen LogP contribution in [0.2, 0.25) is 0 Å². The maximum Gasteiger partial charge on any atom is 0.331 e. The number of likely N-dealkylation sites (tertiary alicyclic amines) is 1. The van der Waals surface area contributed by atoms with Crippen molar-refractivity contribution >= 4 is 17.8 Å². The van der Waals surface area contributed by atoms with Gasteiger partial charge in [0.05, 0.1) is 12.1 Å². The molecule has 0 aromatic carbocycles. The first-order valence-electron chi connectivity index (χ1n) is 11.4. The van der Waals surface area contributed by atoms with Crippen molar-refractivity contribution in [2.75, 3.05) is 13.6 Å². The van der Waals surface area contributed by atoms with Gasteiger partial charge >= 0.3 is 5.97 Å². The molecule has 178 valence electrons. The van der Waals surface area contributed by atoms with Crippen LogP contribution in [0.15, 0.2) is 11.6 Å². The van der Waals surface area contributed by atoms with E-state index in [2.05, 4.69) is 24.1 Å². The fourth-order valence-electron chi connectivity index (χ4n) is 4.17. The number of likely N-dealkylation sites (N-methyl/N-ethyl adjacent to an activating group) is 1. The quantitative estimate of drug-likeness (QED) is 0.569. The van der Waals surface area contributed by atoms with Crippen molar-refractivity contribution in [2.24, 2.45) is 11.3 Å². The van der Waals surface area contributed by atoms with Crippen LogP contribution in [0.4, 0.5) is 0 Å². The molecule has 0 saturated carbocycles. The monoisotopic (exact) mass is 437 g/mol. The number of carbonyl (C=O) groups is 3. The Morgan fingerprint density at radius 1 is 1.13 bits per heavy atom. The molecule has 0 aliphatic carbocycles. The molecule has 31 heavy (non-hydrogen) atoms. The van der Waals surface area contributed by atoms with Gasteiger partial charge in [-0.2, -0.15) is 0 Å². The molecule has 1 heterocycles. The van der Waals surface area contributed by atoms with E-state index in [-0.39, 0.29) is 41.4 Å². The summed E-state index contributed by atoms with van der Waals surface area (Å²) in [5.74, 6) is -1.29. The topological polar surface area (TPSA) is 90.0 Å². The zero-order valence-electron chi connectivity index (χ0n) is 20.9. The van der Waals surface area contributed by atoms with Gasteiger partial charge in [-0.05, 0) is 51.5 Å². The minimum atomic E-state index is -1.00. The average molecular weight is 438 g/mol. The van der Waals surface area contributed by atoms with Gasteiger partial charge < -0.3 is 15.3 Å². The Balaban J connectivity index is 3.15. The van der Waals surface area contributed by atoms with E-state index in [4.69, 9.17) is 0 Å². The third-order valence-electron chi connectivity index (χ3n) is 6.15. The Kier molecular flexibility index (Phi) is 9.73. The third kappa shape index (κ3) is 7.34. The molecular weight excluding hydrogens is 394 g/mol. The molecule has 7 heteroatoms. The SMILES string of the molecule is C/C(=C\[C@H](C(C)C)N(C)C(=O)C(NC(=O)C1CCCCN1C(C)C)C(C)(C)C)C(=O)O. The van der Waals surface area contributed by atoms with Crippen LogP contribution in [0.25, 0.3) is 0 Å². The van der Waals surface area contributed by atoms with Crippen molar-refractivity contribution in [3.8, 4) is 0 Å². The molecule has 0 radical (unpaired) electrons. The predicted octanol–water partition coefficient (Wildman–Crippen LogP) is 3.29. The number of carboxylic acid groups (broad SMARTS) is 1. The number of hydrogen-bond donors (Lipinski definition) is 2. The van der Waals surface area contributed by atoms with Crippen LogP contribution in [0.5, 0.6) is 0 Å². The van der Waals surface area contributed by atoms with Crippen molar-refractivity contribution in [3.63, 3.8) is 0 Å². The van der Waals surface area contributed by atoms with E-state index >= 15 is 0 Å². The number of carbonyl (C=O) groups excluding carboxylic acids is 2. The zero-order chi connectivity index (χ0) is 24.1. The molecule has 3 atom stereocenters. The normalized spacial score (nSPS) is 20.5. The molecule has 7 nitrogen and oxygen atoms in total. The first-order chi connectivity index (χ1) is 14.2. The number of piperidine rings is 1. The second-order valence-corrected chi connectivity index (χ2v) is 10.5. The Morgan fingerprint density at radius 2 is 1.71 bits per heavy atom. The van der Waals surface area contributed by atoms with Crippen molar-refractivity contribution in [2.45, 2.75) is 98.8 Å². The van der Waals surface area contributed by atoms with E-state index in [0.29, 0.717) is 0 Å². The molecule has 2 N–H and O–H groups in total. The smallest absolute Gasteiger partial charge is 0.331 e. The van der Waals surface area contributed by atoms with Crippen LogP contribution in [-0.2, 0) is 14.4 Å². The molecule has 1 rings (SSSR count). The van der Waals surface area contributed by atoms with Crippen LogP contribution < -0.4 is 5.32 Å². The van der Waals surface area contributed by atoms with E-state index in [9.17, 15) is 19.5 Å². The van der Waals surface area contributed by atoms with Gasteiger partial charge in [0.1, 0.15) is 6.04 Å². The summed E-state index contributed by atoms with van der Waals surface area (Å²) in [5, 5.41) is 12.3. The molecule has 1 aliphatic rings. The van der Waals surface area contributed by atoms with Crippen LogP contribution in [-0.4, -0.2) is 70.4 Å². The fraction of sp³-hybridized carbons (Fsp3) is 0.792. The third-order valence-corrected chi connectivity index (χ3v) is 6.15. The summed E-state index contributed by atoms with van der Waals surface area (Å²) < 4.78 is 0. The zero-order valence-corrected chi connectivity index (χ0v) is 20.9. The number of aliphatic carboxylic acids is 1. The lowest BCUT2D eigenvalue weighted by molar-refractivity contribution is -0.142. The summed E-state index contributed by atoms with van der Waals surface area (Å²) in [6.07, 6.45) is 4.50. The van der Waals surface area contributed by atoms with E-state index in [1.165, 1.54) is 6.92 Å². The van der Waals surface area contributed by atoms with Gasteiger partial charge in [-0.3, -0.25) is 14.5 Å². The van der Waals surface area contributed by atoms with Crippen molar-refractivity contribution in [3.05, 3.63) is 11.6 Å². The van der Waals surface area contributed by atoms with Gasteiger partial charge in [-0.15, -0.1) is 0 Å². The molecule has 1 saturated heterocycles. The lowest BCUT2D eigenvalue weighted by Gasteiger charge is -2.41. The second-order valence-electron chi connectivity index (χ2n) is 10.5. The number of rotatable bonds is 8. The summed E-state index contributed by atoms with van der Waals surface area (Å²) in [4.78, 5) is 41.9. The Bertz CT molecular complexity index is 679. The molecule has 0 aromatic rings. The molecule has 2 amide bonds. The lowest BCUT2D eigenvalue weighted by Crippen LogP contribution is -2.60. The minimum absolute atomic E-state index is 0.0225. The Morgan fingerprint density at radius 3 is 2.16 bits per heavy atom. The lowest BCUT2D eigenvalue weighted by atomic mass is 9.84. The Labute approximate surface area is 188 Å². The van der Waals surface area contributed by atoms with E-state index in [1.54, 1.807) is 18.0 Å². The summed E-state index contributed by atoms with van der Waals surface area (Å²) in [7, 11) is 1.69. The second kappa shape index (κ2) is 11.1. The highest BCUT2D eigenvalue weighted by Gasteiger charge is 2.39. The van der Waals surface area contributed by atoms with E-state index in [0.717, 1.165) is 25.8 Å². The van der Waals surface area contributed by atoms with Crippen molar-refractivity contribution < 1.29 is 19.5 Å². The predicted molar refractivity (Wildman–Crippen MR) is 124 cm³/mol. The average Bonchev–Trinajstić information content (AvgIpc) is 2.67. The fourth-order valence-corrected chi connectivity index (χ4v) is 4.17. The van der Waals surface area contributed by atoms with Gasteiger partial charge in [0, 0.05) is 18.7 Å². The van der Waals surface area contributed by atoms with Gasteiger partial charge in [0.15, 0.2) is 0 Å².